The Labute approximate surface area is 491 Å². The first-order chi connectivity index (χ1) is 36.7. The Morgan fingerprint density at radius 3 is 1.41 bits per heavy atom. The number of halogens is 6. The zero-order valence-corrected chi connectivity index (χ0v) is 52.7. The van der Waals surface area contributed by atoms with Gasteiger partial charge in [-0.15, -0.1) is 0 Å². The van der Waals surface area contributed by atoms with Gasteiger partial charge in [0.15, 0.2) is 12.4 Å². The number of nitroso groups, excluding NO2 is 1. The van der Waals surface area contributed by atoms with Crippen molar-refractivity contribution in [1.82, 2.24) is 15.3 Å². The molecule has 26 heteroatoms. The van der Waals surface area contributed by atoms with Crippen molar-refractivity contribution in [2.45, 2.75) is 43.4 Å². The number of fused-ring (bicyclic) bond motifs is 1. The maximum Gasteiger partial charge on any atom is 0.347 e. The standard InChI is InChI=1S/C16H15ClN3O4P.C10H15ClNOP.C10H12ClO2P.C9H12ClNO2P2.C8H6Cl2O/c17-12-4-1-10(2-5-12)7-15(25(22,23)24)20-16(21)11-3-6-13-14(8-11)19-9-18-13;2*1-14(2,13)10(12)7-8-3-5-9(11)6-4-8;1-15(2,13)14(11-12)7-8-3-5-9(10)6-4-8;9-7-3-1-6(2-4-7)5-8(10)11/h1-6,8-9,15H,7H2,(H,18,19)(H,20,21)(H2,22,23,24);3-6,10H,7,12H2,1-2H3;3-6H,7H2,1-2H3;3-6H,7H2,1-2H3;1-4H,5H2/p+1. The van der Waals surface area contributed by atoms with Crippen LogP contribution in [-0.2, 0) is 59.7 Å². The fourth-order valence-electron chi connectivity index (χ4n) is 6.28. The first-order valence-electron chi connectivity index (χ1n) is 23.5. The largest absolute Gasteiger partial charge is 0.347 e. The highest BCUT2D eigenvalue weighted by molar-refractivity contribution is 8.29. The van der Waals surface area contributed by atoms with Crippen LogP contribution >= 0.6 is 106 Å². The molecule has 1 amide bonds. The Hall–Kier alpha value is -3.83. The third-order valence-corrected chi connectivity index (χ3v) is 22.8. The van der Waals surface area contributed by atoms with Crippen LogP contribution in [0.1, 0.15) is 38.2 Å². The van der Waals surface area contributed by atoms with Crippen molar-refractivity contribution in [2.24, 2.45) is 5.73 Å². The molecule has 7 aromatic rings. The molecule has 15 nitrogen and oxygen atoms in total. The van der Waals surface area contributed by atoms with Crippen molar-refractivity contribution in [1.29, 1.82) is 0 Å². The van der Waals surface area contributed by atoms with Crippen LogP contribution in [0.25, 0.3) is 11.0 Å². The molecule has 0 saturated carbocycles. The third kappa shape index (κ3) is 27.2. The molecule has 0 spiro atoms. The van der Waals surface area contributed by atoms with Gasteiger partial charge in [0.2, 0.25) is 5.24 Å². The van der Waals surface area contributed by atoms with Gasteiger partial charge in [0.05, 0.1) is 36.4 Å². The van der Waals surface area contributed by atoms with Gasteiger partial charge in [-0.2, -0.15) is 0 Å². The second kappa shape index (κ2) is 32.7. The van der Waals surface area contributed by atoms with E-state index in [-0.39, 0.29) is 41.4 Å². The number of carbonyl (C=O) groups excluding carboxylic acids is 3. The fourth-order valence-corrected chi connectivity index (χ4v) is 12.3. The number of nitrogens with zero attached hydrogens (tertiary/aromatic N) is 1. The van der Waals surface area contributed by atoms with E-state index >= 15 is 0 Å². The van der Waals surface area contributed by atoms with Crippen molar-refractivity contribution >= 4 is 134 Å². The summed E-state index contributed by atoms with van der Waals surface area (Å²) in [7, 11) is -10.5. The number of aromatic amines is 1. The minimum atomic E-state index is -4.55. The van der Waals surface area contributed by atoms with Crippen LogP contribution in [-0.4, -0.2) is 88.0 Å². The molecule has 0 aliphatic carbocycles. The molecule has 0 fully saturated rings. The first-order valence-corrected chi connectivity index (χ1v) is 37.6. The molecule has 0 saturated heterocycles. The first kappa shape index (κ1) is 69.4. The smallest absolute Gasteiger partial charge is 0.345 e. The van der Waals surface area contributed by atoms with E-state index in [1.54, 1.807) is 130 Å². The molecule has 7 N–H and O–H groups in total. The second-order valence-corrected chi connectivity index (χ2v) is 38.0. The summed E-state index contributed by atoms with van der Waals surface area (Å²) in [6, 6.07) is 40.1. The van der Waals surface area contributed by atoms with Crippen LogP contribution < -0.4 is 16.0 Å². The van der Waals surface area contributed by atoms with Gasteiger partial charge < -0.3 is 39.5 Å². The summed E-state index contributed by atoms with van der Waals surface area (Å²) in [4.78, 5) is 73.0. The normalized spacial score (nSPS) is 12.5. The van der Waals surface area contributed by atoms with Crippen LogP contribution in [0.15, 0.2) is 146 Å². The Morgan fingerprint density at radius 2 is 1.03 bits per heavy atom. The van der Waals surface area contributed by atoms with Crippen molar-refractivity contribution < 1.29 is 47.4 Å². The predicted octanol–water partition coefficient (Wildman–Crippen LogP) is 13.8. The van der Waals surface area contributed by atoms with Crippen LogP contribution in [0.2, 0.25) is 25.1 Å². The summed E-state index contributed by atoms with van der Waals surface area (Å²) in [6.45, 7) is 7.35. The van der Waals surface area contributed by atoms with Gasteiger partial charge in [-0.1, -0.05) is 119 Å². The maximum absolute atomic E-state index is 12.4. The van der Waals surface area contributed by atoms with Crippen molar-refractivity contribution in [3.63, 3.8) is 0 Å². The number of rotatable bonds is 17. The zero-order chi connectivity index (χ0) is 59.3. The molecular formula is C53H61Cl6N5O10P5+. The number of benzene rings is 6. The van der Waals surface area contributed by atoms with Crippen molar-refractivity contribution in [3.05, 3.63) is 209 Å². The van der Waals surface area contributed by atoms with Gasteiger partial charge in [-0.25, -0.2) is 4.98 Å². The maximum atomic E-state index is 12.4. The van der Waals surface area contributed by atoms with Gasteiger partial charge in [-0.05, 0) is 165 Å². The fraction of sp³-hybridized carbons (Fsp3) is 0.245. The lowest BCUT2D eigenvalue weighted by molar-refractivity contribution is -0.287. The molecule has 0 bridgehead atoms. The van der Waals surface area contributed by atoms with E-state index < -0.39 is 48.2 Å². The average molecular weight is 1300 g/mol. The van der Waals surface area contributed by atoms with E-state index in [1.165, 1.54) is 19.7 Å². The topological polar surface area (TPSA) is 258 Å². The summed E-state index contributed by atoms with van der Waals surface area (Å²) in [5.41, 5.74) is 11.7. The Kier molecular flexibility index (Phi) is 28.8. The molecule has 3 atom stereocenters. The van der Waals surface area contributed by atoms with Gasteiger partial charge in [0, 0.05) is 59.8 Å². The molecule has 0 aliphatic rings. The monoisotopic (exact) mass is 1290 g/mol. The molecule has 0 aliphatic heterocycles. The lowest BCUT2D eigenvalue weighted by Gasteiger charge is -2.20. The Morgan fingerprint density at radius 1 is 0.620 bits per heavy atom. The average Bonchev–Trinajstić information content (AvgIpc) is 3.86. The number of H-pyrrole nitrogens is 1. The number of carbonyl (C=O) groups is 3. The lowest BCUT2D eigenvalue weighted by Crippen LogP contribution is -2.55. The quantitative estimate of drug-likeness (QED) is 0.0368. The van der Waals surface area contributed by atoms with Crippen LogP contribution in [0.4, 0.5) is 0 Å². The number of nitrogens with one attached hydrogen (secondary N) is 3. The highest BCUT2D eigenvalue weighted by atomic mass is 35.5. The van der Waals surface area contributed by atoms with Crippen LogP contribution in [0.3, 0.4) is 0 Å². The van der Waals surface area contributed by atoms with E-state index in [9.17, 15) is 47.3 Å². The number of hydrogen-bond donors (Lipinski definition) is 6. The van der Waals surface area contributed by atoms with E-state index in [2.05, 4.69) is 15.3 Å². The molecule has 424 valence electrons. The second-order valence-electron chi connectivity index (χ2n) is 18.7. The molecule has 6 aromatic carbocycles. The summed E-state index contributed by atoms with van der Waals surface area (Å²) < 4.78 is 46.6. The minimum absolute atomic E-state index is 0.0144. The molecule has 79 heavy (non-hydrogen) atoms. The van der Waals surface area contributed by atoms with Gasteiger partial charge in [-0.3, -0.25) is 18.9 Å². The van der Waals surface area contributed by atoms with Gasteiger partial charge >= 0.3 is 7.60 Å². The summed E-state index contributed by atoms with van der Waals surface area (Å²) >= 11 is 33.8. The lowest BCUT2D eigenvalue weighted by atomic mass is 10.1. The third-order valence-electron chi connectivity index (χ3n) is 10.9. The molecular weight excluding hydrogens is 1230 g/mol. The van der Waals surface area contributed by atoms with Crippen LogP contribution in [0.5, 0.6) is 0 Å². The predicted molar refractivity (Wildman–Crippen MR) is 329 cm³/mol. The highest BCUT2D eigenvalue weighted by Crippen LogP contribution is 2.66. The molecule has 3 unspecified atom stereocenters. The molecule has 7 rings (SSSR count). The molecule has 0 radical (unpaired) electrons. The van der Waals surface area contributed by atoms with E-state index in [1.807, 2.05) is 41.3 Å². The van der Waals surface area contributed by atoms with Crippen molar-refractivity contribution in [3.8, 4) is 0 Å². The minimum Gasteiger partial charge on any atom is -0.345 e. The number of hydrogen-bond acceptors (Lipinski definition) is 10. The number of amides is 1. The summed E-state index contributed by atoms with van der Waals surface area (Å²) in [6.07, 6.45) is 3.15. The van der Waals surface area contributed by atoms with E-state index in [0.29, 0.717) is 54.3 Å². The summed E-state index contributed by atoms with van der Waals surface area (Å²) in [5.74, 6) is -2.17. The van der Waals surface area contributed by atoms with Gasteiger partial charge in [0.1, 0.15) is 12.9 Å². The number of aromatic nitrogens is 2. The zero-order valence-electron chi connectivity index (χ0n) is 43.7. The van der Waals surface area contributed by atoms with Crippen molar-refractivity contribution in [2.75, 3.05) is 40.0 Å². The SMILES string of the molecule is CP(C)(=O)C(=O)Cc1ccc(Cl)cc1.CP(C)(=O)C(N)Cc1ccc(Cl)cc1.CP(C)(=O)P(Cc1ccc(Cl)cc1)[NH+]=O.O=C(Cl)Cc1ccc(Cl)cc1.O=C(NC(Cc1ccc(Cl)cc1)P(=O)(O)O)c1ccc2nc[nH]c2c1. The Balaban J connectivity index is 0.000000269. The van der Waals surface area contributed by atoms with Gasteiger partial charge in [0.25, 0.3) is 13.7 Å². The number of nitrogens with two attached hydrogens (primary N) is 1. The summed E-state index contributed by atoms with van der Waals surface area (Å²) in [5, 5.41) is 5.26. The molecule has 1 aromatic heterocycles. The van der Waals surface area contributed by atoms with Crippen LogP contribution in [0, 0.1) is 4.91 Å². The van der Waals surface area contributed by atoms with E-state index in [4.69, 9.17) is 75.3 Å². The highest BCUT2D eigenvalue weighted by Gasteiger charge is 2.32. The Bertz CT molecular complexity index is 3300. The van der Waals surface area contributed by atoms with E-state index in [0.717, 1.165) is 22.3 Å². The molecule has 1 heterocycles. The number of imidazole rings is 1.